The molecule has 0 aliphatic carbocycles. The number of hydrogen-bond acceptors (Lipinski definition) is 2. The lowest BCUT2D eigenvalue weighted by Crippen LogP contribution is -2.42. The lowest BCUT2D eigenvalue weighted by molar-refractivity contribution is -0.137. The number of carboxylic acid groups (broad SMARTS) is 1. The molecule has 3 N–H and O–H groups in total. The molecule has 5 nitrogen and oxygen atoms in total. The lowest BCUT2D eigenvalue weighted by atomic mass is 10.1. The number of rotatable bonds is 7. The van der Waals surface area contributed by atoms with E-state index >= 15 is 0 Å². The van der Waals surface area contributed by atoms with Gasteiger partial charge in [0.1, 0.15) is 5.82 Å². The summed E-state index contributed by atoms with van der Waals surface area (Å²) in [7, 11) is 0. The Morgan fingerprint density at radius 1 is 1.43 bits per heavy atom. The van der Waals surface area contributed by atoms with E-state index < -0.39 is 5.97 Å². The first-order valence-corrected chi connectivity index (χ1v) is 7.38. The van der Waals surface area contributed by atoms with Gasteiger partial charge in [-0.2, -0.15) is 0 Å². The molecule has 0 fully saturated rings. The molecule has 1 unspecified atom stereocenters. The summed E-state index contributed by atoms with van der Waals surface area (Å²) in [6.07, 6.45) is 0.754. The van der Waals surface area contributed by atoms with Gasteiger partial charge in [-0.05, 0) is 43.5 Å². The molecule has 0 spiro atoms. The molecule has 1 aromatic rings. The average molecular weight is 361 g/mol. The van der Waals surface area contributed by atoms with E-state index in [4.69, 9.17) is 5.11 Å². The van der Waals surface area contributed by atoms with Gasteiger partial charge in [-0.15, -0.1) is 0 Å². The van der Waals surface area contributed by atoms with Crippen LogP contribution in [0.5, 0.6) is 0 Å². The fraction of sp³-hybridized carbons (Fsp3) is 0.429. The van der Waals surface area contributed by atoms with E-state index in [0.717, 1.165) is 4.47 Å². The summed E-state index contributed by atoms with van der Waals surface area (Å²) >= 11 is 3.28. The molecular formula is C14H18BrFN2O3. The second-order valence-electron chi connectivity index (χ2n) is 4.74. The van der Waals surface area contributed by atoms with E-state index in [-0.39, 0.29) is 30.9 Å². The minimum atomic E-state index is -0.893. The van der Waals surface area contributed by atoms with Crippen LogP contribution in [0.15, 0.2) is 22.7 Å². The summed E-state index contributed by atoms with van der Waals surface area (Å²) in [6.45, 7) is 2.06. The third kappa shape index (κ3) is 7.08. The van der Waals surface area contributed by atoms with Crippen LogP contribution in [-0.2, 0) is 11.2 Å². The van der Waals surface area contributed by atoms with Gasteiger partial charge in [0.05, 0.1) is 0 Å². The zero-order valence-electron chi connectivity index (χ0n) is 11.7. The largest absolute Gasteiger partial charge is 0.481 e. The maximum Gasteiger partial charge on any atom is 0.315 e. The van der Waals surface area contributed by atoms with Crippen LogP contribution in [0, 0.1) is 5.82 Å². The summed E-state index contributed by atoms with van der Waals surface area (Å²) in [5.41, 5.74) is 0.517. The van der Waals surface area contributed by atoms with Crippen molar-refractivity contribution in [1.82, 2.24) is 10.6 Å². The zero-order valence-corrected chi connectivity index (χ0v) is 13.2. The predicted octanol–water partition coefficient (Wildman–Crippen LogP) is 2.68. The van der Waals surface area contributed by atoms with Crippen molar-refractivity contribution in [1.29, 1.82) is 0 Å². The molecule has 116 valence electrons. The van der Waals surface area contributed by atoms with Crippen LogP contribution in [0.3, 0.4) is 0 Å². The van der Waals surface area contributed by atoms with Crippen molar-refractivity contribution in [3.8, 4) is 0 Å². The molecule has 0 aliphatic heterocycles. The highest BCUT2D eigenvalue weighted by atomic mass is 79.9. The molecule has 21 heavy (non-hydrogen) atoms. The molecule has 7 heteroatoms. The average Bonchev–Trinajstić information content (AvgIpc) is 2.38. The monoisotopic (exact) mass is 360 g/mol. The topological polar surface area (TPSA) is 78.4 Å². The fourth-order valence-electron chi connectivity index (χ4n) is 1.80. The molecule has 1 atom stereocenters. The molecule has 0 bridgehead atoms. The Kier molecular flexibility index (Phi) is 7.14. The highest BCUT2D eigenvalue weighted by molar-refractivity contribution is 9.10. The van der Waals surface area contributed by atoms with E-state index in [1.165, 1.54) is 6.07 Å². The second-order valence-corrected chi connectivity index (χ2v) is 5.65. The molecule has 0 saturated heterocycles. The van der Waals surface area contributed by atoms with Gasteiger partial charge in [0.25, 0.3) is 0 Å². The maximum absolute atomic E-state index is 13.6. The van der Waals surface area contributed by atoms with E-state index in [9.17, 15) is 14.0 Å². The number of hydrogen-bond donors (Lipinski definition) is 3. The van der Waals surface area contributed by atoms with Crippen LogP contribution in [0.4, 0.5) is 9.18 Å². The van der Waals surface area contributed by atoms with Crippen molar-refractivity contribution in [3.05, 3.63) is 34.1 Å². The van der Waals surface area contributed by atoms with E-state index in [0.29, 0.717) is 18.4 Å². The smallest absolute Gasteiger partial charge is 0.315 e. The van der Waals surface area contributed by atoms with E-state index in [2.05, 4.69) is 26.6 Å². The number of amides is 2. The molecule has 2 amide bonds. The summed E-state index contributed by atoms with van der Waals surface area (Å²) in [4.78, 5) is 21.9. The molecule has 0 radical (unpaired) electrons. The van der Waals surface area contributed by atoms with Crippen molar-refractivity contribution in [2.45, 2.75) is 32.2 Å². The molecule has 0 aliphatic rings. The number of urea groups is 1. The Hall–Kier alpha value is -1.63. The Bertz CT molecular complexity index is 511. The minimum absolute atomic E-state index is 0.0130. The van der Waals surface area contributed by atoms with Crippen LogP contribution in [0.1, 0.15) is 25.3 Å². The van der Waals surface area contributed by atoms with E-state index in [1.54, 1.807) is 19.1 Å². The van der Waals surface area contributed by atoms with Gasteiger partial charge in [-0.3, -0.25) is 4.79 Å². The van der Waals surface area contributed by atoms with Crippen LogP contribution in [0.2, 0.25) is 0 Å². The van der Waals surface area contributed by atoms with Gasteiger partial charge < -0.3 is 15.7 Å². The third-order valence-electron chi connectivity index (χ3n) is 2.76. The number of nitrogens with one attached hydrogen (secondary N) is 2. The van der Waals surface area contributed by atoms with Gasteiger partial charge in [0.15, 0.2) is 0 Å². The minimum Gasteiger partial charge on any atom is -0.481 e. The quantitative estimate of drug-likeness (QED) is 0.654. The second kappa shape index (κ2) is 8.61. The number of aliphatic carboxylic acids is 1. The van der Waals surface area contributed by atoms with Gasteiger partial charge in [0, 0.05) is 23.5 Å². The van der Waals surface area contributed by atoms with Crippen LogP contribution >= 0.6 is 15.9 Å². The normalized spacial score (nSPS) is 11.8. The molecule has 0 saturated carbocycles. The Labute approximate surface area is 131 Å². The highest BCUT2D eigenvalue weighted by Gasteiger charge is 2.11. The molecule has 1 rings (SSSR count). The van der Waals surface area contributed by atoms with Crippen molar-refractivity contribution in [2.24, 2.45) is 0 Å². The lowest BCUT2D eigenvalue weighted by Gasteiger charge is -2.15. The summed E-state index contributed by atoms with van der Waals surface area (Å²) < 4.78 is 14.4. The van der Waals surface area contributed by atoms with E-state index in [1.807, 2.05) is 0 Å². The third-order valence-corrected chi connectivity index (χ3v) is 3.26. The van der Waals surface area contributed by atoms with Gasteiger partial charge >= 0.3 is 12.0 Å². The number of carbonyl (C=O) groups excluding carboxylic acids is 1. The first-order chi connectivity index (χ1) is 9.88. The van der Waals surface area contributed by atoms with Gasteiger partial charge in [-0.25, -0.2) is 9.18 Å². The van der Waals surface area contributed by atoms with Crippen LogP contribution < -0.4 is 10.6 Å². The first kappa shape index (κ1) is 17.4. The predicted molar refractivity (Wildman–Crippen MR) is 80.7 cm³/mol. The highest BCUT2D eigenvalue weighted by Crippen LogP contribution is 2.16. The standard InChI is InChI=1S/C14H18BrFN2O3/c1-9(7-10-8-11(15)4-5-12(10)16)18-14(21)17-6-2-3-13(19)20/h4-5,8-9H,2-3,6-7H2,1H3,(H,19,20)(H2,17,18,21). The zero-order chi connectivity index (χ0) is 15.8. The van der Waals surface area contributed by atoms with Gasteiger partial charge in [0.2, 0.25) is 0 Å². The van der Waals surface area contributed by atoms with Crippen LogP contribution in [-0.4, -0.2) is 29.7 Å². The number of halogens is 2. The number of carboxylic acids is 1. The van der Waals surface area contributed by atoms with Gasteiger partial charge in [-0.1, -0.05) is 15.9 Å². The maximum atomic E-state index is 13.6. The first-order valence-electron chi connectivity index (χ1n) is 6.58. The fourth-order valence-corrected chi connectivity index (χ4v) is 2.21. The van der Waals surface area contributed by atoms with Crippen molar-refractivity contribution >= 4 is 27.9 Å². The number of benzene rings is 1. The summed E-state index contributed by atoms with van der Waals surface area (Å²) in [6, 6.07) is 4.04. The molecular weight excluding hydrogens is 343 g/mol. The van der Waals surface area contributed by atoms with Crippen molar-refractivity contribution in [2.75, 3.05) is 6.54 Å². The summed E-state index contributed by atoms with van der Waals surface area (Å²) in [5, 5.41) is 13.7. The Balaban J connectivity index is 2.35. The number of carbonyl (C=O) groups is 2. The SMILES string of the molecule is CC(Cc1cc(Br)ccc1F)NC(=O)NCCCC(=O)O. The summed E-state index contributed by atoms with van der Waals surface area (Å²) in [5.74, 6) is -1.20. The Morgan fingerprint density at radius 3 is 2.81 bits per heavy atom. The molecule has 1 aromatic carbocycles. The Morgan fingerprint density at radius 2 is 2.14 bits per heavy atom. The molecule has 0 aromatic heterocycles. The van der Waals surface area contributed by atoms with Crippen molar-refractivity contribution < 1.29 is 19.1 Å². The van der Waals surface area contributed by atoms with Crippen LogP contribution in [0.25, 0.3) is 0 Å². The molecule has 0 heterocycles. The van der Waals surface area contributed by atoms with Crippen molar-refractivity contribution in [3.63, 3.8) is 0 Å².